The highest BCUT2D eigenvalue weighted by Gasteiger charge is 1.97. The minimum absolute atomic E-state index is 0.554. The summed E-state index contributed by atoms with van der Waals surface area (Å²) in [6, 6.07) is 15.9. The lowest BCUT2D eigenvalue weighted by atomic mass is 10.0. The second kappa shape index (κ2) is 6.39. The molecule has 0 unspecified atom stereocenters. The van der Waals surface area contributed by atoms with E-state index in [0.29, 0.717) is 5.92 Å². The highest BCUT2D eigenvalue weighted by Crippen LogP contribution is 2.15. The number of nitrogens with one attached hydrogen (secondary N) is 1. The Morgan fingerprint density at radius 2 is 1.63 bits per heavy atom. The van der Waals surface area contributed by atoms with Gasteiger partial charge >= 0.3 is 0 Å². The average molecular weight is 273 g/mol. The molecule has 0 aliphatic rings. The number of hydrazone groups is 1. The Morgan fingerprint density at radius 1 is 1.00 bits per heavy atom. The number of halogens is 1. The topological polar surface area (TPSA) is 24.4 Å². The van der Waals surface area contributed by atoms with Gasteiger partial charge in [0.1, 0.15) is 0 Å². The molecule has 0 saturated heterocycles. The monoisotopic (exact) mass is 272 g/mol. The van der Waals surface area contributed by atoms with E-state index in [9.17, 15) is 0 Å². The van der Waals surface area contributed by atoms with Crippen LogP contribution in [0.15, 0.2) is 53.6 Å². The van der Waals surface area contributed by atoms with Crippen LogP contribution in [-0.2, 0) is 0 Å². The van der Waals surface area contributed by atoms with Crippen LogP contribution in [0.3, 0.4) is 0 Å². The van der Waals surface area contributed by atoms with E-state index in [1.165, 1.54) is 5.56 Å². The zero-order chi connectivity index (χ0) is 13.7. The lowest BCUT2D eigenvalue weighted by molar-refractivity contribution is 0.866. The Morgan fingerprint density at radius 3 is 2.21 bits per heavy atom. The summed E-state index contributed by atoms with van der Waals surface area (Å²) >= 11 is 5.82. The molecule has 0 amide bonds. The molecule has 0 fully saturated rings. The molecule has 2 nitrogen and oxygen atoms in total. The molecule has 0 saturated carbocycles. The van der Waals surface area contributed by atoms with Gasteiger partial charge in [-0.05, 0) is 41.3 Å². The van der Waals surface area contributed by atoms with Gasteiger partial charge in [0.25, 0.3) is 0 Å². The lowest BCUT2D eigenvalue weighted by Gasteiger charge is -2.04. The number of anilines is 1. The van der Waals surface area contributed by atoms with Gasteiger partial charge in [0, 0.05) is 5.02 Å². The molecule has 0 spiro atoms. The molecule has 0 atom stereocenters. The van der Waals surface area contributed by atoms with Gasteiger partial charge < -0.3 is 0 Å². The summed E-state index contributed by atoms with van der Waals surface area (Å²) < 4.78 is 0. The summed E-state index contributed by atoms with van der Waals surface area (Å²) in [5, 5.41) is 4.92. The van der Waals surface area contributed by atoms with Crippen LogP contribution in [0.1, 0.15) is 30.9 Å². The van der Waals surface area contributed by atoms with Crippen molar-refractivity contribution < 1.29 is 0 Å². The van der Waals surface area contributed by atoms with Crippen LogP contribution < -0.4 is 5.43 Å². The first-order chi connectivity index (χ1) is 9.15. The summed E-state index contributed by atoms with van der Waals surface area (Å²) in [5.41, 5.74) is 6.30. The summed E-state index contributed by atoms with van der Waals surface area (Å²) in [7, 11) is 0. The SMILES string of the molecule is CC(C)c1ccc(/C=N\Nc2ccc(Cl)cc2)cc1. The molecule has 0 aliphatic carbocycles. The third-order valence-electron chi connectivity index (χ3n) is 2.85. The predicted molar refractivity (Wildman–Crippen MR) is 83.2 cm³/mol. The third-order valence-corrected chi connectivity index (χ3v) is 3.11. The molecule has 98 valence electrons. The van der Waals surface area contributed by atoms with Crippen molar-refractivity contribution in [1.82, 2.24) is 0 Å². The largest absolute Gasteiger partial charge is 0.279 e. The van der Waals surface area contributed by atoms with E-state index in [4.69, 9.17) is 11.6 Å². The Balaban J connectivity index is 1.97. The zero-order valence-corrected chi connectivity index (χ0v) is 11.9. The van der Waals surface area contributed by atoms with Crippen molar-refractivity contribution in [3.8, 4) is 0 Å². The molecular formula is C16H17ClN2. The quantitative estimate of drug-likeness (QED) is 0.621. The van der Waals surface area contributed by atoms with Crippen LogP contribution >= 0.6 is 11.6 Å². The van der Waals surface area contributed by atoms with E-state index in [2.05, 4.69) is 48.6 Å². The molecule has 0 radical (unpaired) electrons. The molecule has 0 aliphatic heterocycles. The van der Waals surface area contributed by atoms with E-state index >= 15 is 0 Å². The second-order valence-electron chi connectivity index (χ2n) is 4.70. The number of benzene rings is 2. The molecule has 0 aromatic heterocycles. The van der Waals surface area contributed by atoms with Crippen LogP contribution in [0.25, 0.3) is 0 Å². The summed E-state index contributed by atoms with van der Waals surface area (Å²) in [5.74, 6) is 0.554. The van der Waals surface area contributed by atoms with E-state index in [1.54, 1.807) is 6.21 Å². The fraction of sp³-hybridized carbons (Fsp3) is 0.188. The van der Waals surface area contributed by atoms with Crippen LogP contribution in [-0.4, -0.2) is 6.21 Å². The Hall–Kier alpha value is -1.80. The molecule has 1 N–H and O–H groups in total. The standard InChI is InChI=1S/C16H17ClN2/c1-12(2)14-5-3-13(4-6-14)11-18-19-16-9-7-15(17)8-10-16/h3-12,19H,1-2H3/b18-11-. The van der Waals surface area contributed by atoms with Crippen LogP contribution in [0.2, 0.25) is 5.02 Å². The smallest absolute Gasteiger partial charge is 0.0562 e. The Labute approximate surface area is 119 Å². The molecular weight excluding hydrogens is 256 g/mol. The highest BCUT2D eigenvalue weighted by atomic mass is 35.5. The maximum absolute atomic E-state index is 5.82. The normalized spacial score (nSPS) is 11.2. The fourth-order valence-corrected chi connectivity index (χ4v) is 1.80. The Bertz CT molecular complexity index is 542. The van der Waals surface area contributed by atoms with E-state index in [-0.39, 0.29) is 0 Å². The van der Waals surface area contributed by atoms with Crippen molar-refractivity contribution in [3.05, 3.63) is 64.7 Å². The first-order valence-corrected chi connectivity index (χ1v) is 6.67. The van der Waals surface area contributed by atoms with E-state index < -0.39 is 0 Å². The van der Waals surface area contributed by atoms with Gasteiger partial charge in [-0.2, -0.15) is 5.10 Å². The van der Waals surface area contributed by atoms with Crippen molar-refractivity contribution >= 4 is 23.5 Å². The Kier molecular flexibility index (Phi) is 4.58. The molecule has 0 bridgehead atoms. The van der Waals surface area contributed by atoms with Crippen molar-refractivity contribution in [2.45, 2.75) is 19.8 Å². The van der Waals surface area contributed by atoms with Gasteiger partial charge in [0.15, 0.2) is 0 Å². The van der Waals surface area contributed by atoms with Crippen LogP contribution in [0.5, 0.6) is 0 Å². The zero-order valence-electron chi connectivity index (χ0n) is 11.1. The van der Waals surface area contributed by atoms with Crippen LogP contribution in [0.4, 0.5) is 5.69 Å². The number of nitrogens with zero attached hydrogens (tertiary/aromatic N) is 1. The first-order valence-electron chi connectivity index (χ1n) is 6.30. The van der Waals surface area contributed by atoms with Crippen molar-refractivity contribution in [3.63, 3.8) is 0 Å². The molecule has 2 rings (SSSR count). The van der Waals surface area contributed by atoms with Gasteiger partial charge in [-0.1, -0.05) is 49.7 Å². The summed E-state index contributed by atoms with van der Waals surface area (Å²) in [6.45, 7) is 4.37. The summed E-state index contributed by atoms with van der Waals surface area (Å²) in [4.78, 5) is 0. The van der Waals surface area contributed by atoms with Gasteiger partial charge in [0.2, 0.25) is 0 Å². The molecule has 2 aromatic rings. The molecule has 19 heavy (non-hydrogen) atoms. The van der Waals surface area contributed by atoms with E-state index in [1.807, 2.05) is 24.3 Å². The number of hydrogen-bond donors (Lipinski definition) is 1. The minimum Gasteiger partial charge on any atom is -0.279 e. The number of hydrogen-bond acceptors (Lipinski definition) is 2. The minimum atomic E-state index is 0.554. The van der Waals surface area contributed by atoms with Crippen LogP contribution in [0, 0.1) is 0 Å². The number of rotatable bonds is 4. The summed E-state index contributed by atoms with van der Waals surface area (Å²) in [6.07, 6.45) is 1.80. The maximum Gasteiger partial charge on any atom is 0.0562 e. The maximum atomic E-state index is 5.82. The second-order valence-corrected chi connectivity index (χ2v) is 5.13. The first kappa shape index (κ1) is 13.6. The lowest BCUT2D eigenvalue weighted by Crippen LogP contribution is -1.91. The van der Waals surface area contributed by atoms with Crippen molar-refractivity contribution in [2.75, 3.05) is 5.43 Å². The van der Waals surface area contributed by atoms with Gasteiger partial charge in [0.05, 0.1) is 11.9 Å². The van der Waals surface area contributed by atoms with Crippen molar-refractivity contribution in [2.24, 2.45) is 5.10 Å². The van der Waals surface area contributed by atoms with Gasteiger partial charge in [-0.3, -0.25) is 5.43 Å². The van der Waals surface area contributed by atoms with Crippen molar-refractivity contribution in [1.29, 1.82) is 0 Å². The molecule has 0 heterocycles. The highest BCUT2D eigenvalue weighted by molar-refractivity contribution is 6.30. The van der Waals surface area contributed by atoms with E-state index in [0.717, 1.165) is 16.3 Å². The average Bonchev–Trinajstić information content (AvgIpc) is 2.41. The van der Waals surface area contributed by atoms with Gasteiger partial charge in [-0.25, -0.2) is 0 Å². The predicted octanol–water partition coefficient (Wildman–Crippen LogP) is 4.91. The van der Waals surface area contributed by atoms with Gasteiger partial charge in [-0.15, -0.1) is 0 Å². The molecule has 2 aromatic carbocycles. The third kappa shape index (κ3) is 4.11. The fourth-order valence-electron chi connectivity index (χ4n) is 1.67. The molecule has 3 heteroatoms.